The van der Waals surface area contributed by atoms with Gasteiger partial charge in [-0.2, -0.15) is 5.26 Å². The van der Waals surface area contributed by atoms with Crippen molar-refractivity contribution >= 4 is 11.9 Å². The Morgan fingerprint density at radius 2 is 1.96 bits per heavy atom. The van der Waals surface area contributed by atoms with Crippen molar-refractivity contribution in [3.8, 4) is 11.8 Å². The van der Waals surface area contributed by atoms with Gasteiger partial charge in [-0.05, 0) is 36.8 Å². The van der Waals surface area contributed by atoms with Crippen molar-refractivity contribution in [1.29, 1.82) is 5.26 Å². The monoisotopic (exact) mass is 370 g/mol. The predicted octanol–water partition coefficient (Wildman–Crippen LogP) is 2.67. The summed E-state index contributed by atoms with van der Waals surface area (Å²) in [6.07, 6.45) is -1.02. The van der Waals surface area contributed by atoms with Crippen LogP contribution >= 0.6 is 0 Å². The van der Waals surface area contributed by atoms with Gasteiger partial charge in [-0.1, -0.05) is 24.3 Å². The Bertz CT molecular complexity index is 863. The SMILES string of the molecule is CC(OC(=O)COc1ccccc1C#N)C(=O)N(C)Cc1cccc(F)c1. The van der Waals surface area contributed by atoms with E-state index in [2.05, 4.69) is 0 Å². The number of carbonyl (C=O) groups excluding carboxylic acids is 2. The van der Waals surface area contributed by atoms with E-state index in [0.29, 0.717) is 11.1 Å². The van der Waals surface area contributed by atoms with Crippen molar-refractivity contribution in [3.63, 3.8) is 0 Å². The molecule has 1 atom stereocenters. The van der Waals surface area contributed by atoms with E-state index in [9.17, 15) is 14.0 Å². The lowest BCUT2D eigenvalue weighted by molar-refractivity contribution is -0.160. The van der Waals surface area contributed by atoms with Gasteiger partial charge in [-0.15, -0.1) is 0 Å². The number of likely N-dealkylation sites (N-methyl/N-ethyl adjacent to an activating group) is 1. The molecular formula is C20H19FN2O4. The van der Waals surface area contributed by atoms with Crippen molar-refractivity contribution in [2.75, 3.05) is 13.7 Å². The smallest absolute Gasteiger partial charge is 0.344 e. The summed E-state index contributed by atoms with van der Waals surface area (Å²) in [7, 11) is 1.54. The first-order valence-electron chi connectivity index (χ1n) is 8.21. The highest BCUT2D eigenvalue weighted by Gasteiger charge is 2.22. The standard InChI is InChI=1S/C20H19FN2O4/c1-14(20(25)23(2)12-15-6-5-8-17(21)10-15)27-19(24)13-26-18-9-4-3-7-16(18)11-22/h3-10,14H,12-13H2,1-2H3. The number of halogens is 1. The van der Waals surface area contributed by atoms with Gasteiger partial charge in [-0.3, -0.25) is 4.79 Å². The molecule has 27 heavy (non-hydrogen) atoms. The van der Waals surface area contributed by atoms with Gasteiger partial charge in [-0.25, -0.2) is 9.18 Å². The van der Waals surface area contributed by atoms with Gasteiger partial charge >= 0.3 is 5.97 Å². The molecule has 0 bridgehead atoms. The summed E-state index contributed by atoms with van der Waals surface area (Å²) < 4.78 is 23.6. The van der Waals surface area contributed by atoms with E-state index in [1.807, 2.05) is 6.07 Å². The quantitative estimate of drug-likeness (QED) is 0.700. The van der Waals surface area contributed by atoms with E-state index in [1.165, 1.54) is 31.0 Å². The Morgan fingerprint density at radius 3 is 2.67 bits per heavy atom. The van der Waals surface area contributed by atoms with E-state index in [-0.39, 0.29) is 18.1 Å². The van der Waals surface area contributed by atoms with Crippen LogP contribution in [0.5, 0.6) is 5.75 Å². The van der Waals surface area contributed by atoms with Gasteiger partial charge < -0.3 is 14.4 Å². The molecule has 0 aliphatic rings. The summed E-state index contributed by atoms with van der Waals surface area (Å²) in [4.78, 5) is 25.6. The lowest BCUT2D eigenvalue weighted by Crippen LogP contribution is -2.37. The third-order valence-corrected chi connectivity index (χ3v) is 3.69. The topological polar surface area (TPSA) is 79.6 Å². The van der Waals surface area contributed by atoms with Crippen LogP contribution in [0.25, 0.3) is 0 Å². The number of hydrogen-bond donors (Lipinski definition) is 0. The molecule has 7 heteroatoms. The fourth-order valence-corrected chi connectivity index (χ4v) is 2.40. The number of nitrogens with zero attached hydrogens (tertiary/aromatic N) is 2. The van der Waals surface area contributed by atoms with Gasteiger partial charge in [0, 0.05) is 13.6 Å². The van der Waals surface area contributed by atoms with Crippen LogP contribution in [0, 0.1) is 17.1 Å². The van der Waals surface area contributed by atoms with Crippen molar-refractivity contribution < 1.29 is 23.5 Å². The average molecular weight is 370 g/mol. The number of amides is 1. The molecule has 0 saturated heterocycles. The first kappa shape index (κ1) is 19.9. The highest BCUT2D eigenvalue weighted by atomic mass is 19.1. The van der Waals surface area contributed by atoms with Crippen molar-refractivity contribution in [2.24, 2.45) is 0 Å². The van der Waals surface area contributed by atoms with E-state index in [0.717, 1.165) is 0 Å². The van der Waals surface area contributed by atoms with Crippen molar-refractivity contribution in [2.45, 2.75) is 19.6 Å². The molecule has 1 unspecified atom stereocenters. The maximum Gasteiger partial charge on any atom is 0.344 e. The van der Waals surface area contributed by atoms with Crippen LogP contribution < -0.4 is 4.74 Å². The lowest BCUT2D eigenvalue weighted by atomic mass is 10.2. The summed E-state index contributed by atoms with van der Waals surface area (Å²) in [5.41, 5.74) is 0.921. The summed E-state index contributed by atoms with van der Waals surface area (Å²) in [5.74, 6) is -1.28. The molecule has 0 saturated carbocycles. The average Bonchev–Trinajstić information content (AvgIpc) is 2.65. The fourth-order valence-electron chi connectivity index (χ4n) is 2.40. The second-order valence-corrected chi connectivity index (χ2v) is 5.85. The fraction of sp³-hybridized carbons (Fsp3) is 0.250. The van der Waals surface area contributed by atoms with Crippen LogP contribution in [0.15, 0.2) is 48.5 Å². The van der Waals surface area contributed by atoms with Crippen LogP contribution in [0.1, 0.15) is 18.1 Å². The molecule has 0 radical (unpaired) electrons. The highest BCUT2D eigenvalue weighted by Crippen LogP contribution is 2.16. The normalized spacial score (nSPS) is 11.2. The summed E-state index contributed by atoms with van der Waals surface area (Å²) in [6, 6.07) is 14.3. The molecule has 0 N–H and O–H groups in total. The minimum absolute atomic E-state index is 0.185. The number of ether oxygens (including phenoxy) is 2. The van der Waals surface area contributed by atoms with Crippen molar-refractivity contribution in [1.82, 2.24) is 4.90 Å². The Labute approximate surface area is 156 Å². The summed E-state index contributed by atoms with van der Waals surface area (Å²) in [5, 5.41) is 8.98. The first-order chi connectivity index (χ1) is 12.9. The summed E-state index contributed by atoms with van der Waals surface area (Å²) in [6.45, 7) is 1.21. The molecule has 2 aromatic rings. The van der Waals surface area contributed by atoms with Crippen LogP contribution in [0.2, 0.25) is 0 Å². The molecule has 1 amide bonds. The van der Waals surface area contributed by atoms with Gasteiger partial charge in [0.15, 0.2) is 12.7 Å². The molecule has 140 valence electrons. The van der Waals surface area contributed by atoms with Crippen LogP contribution in [0.4, 0.5) is 4.39 Å². The zero-order chi connectivity index (χ0) is 19.8. The van der Waals surface area contributed by atoms with Gasteiger partial charge in [0.05, 0.1) is 5.56 Å². The molecule has 0 fully saturated rings. The van der Waals surface area contributed by atoms with Gasteiger partial charge in [0.25, 0.3) is 5.91 Å². The van der Waals surface area contributed by atoms with Gasteiger partial charge in [0.1, 0.15) is 17.6 Å². The lowest BCUT2D eigenvalue weighted by Gasteiger charge is -2.21. The number of benzene rings is 2. The number of nitriles is 1. The Hall–Kier alpha value is -3.40. The zero-order valence-corrected chi connectivity index (χ0v) is 15.0. The molecule has 0 aliphatic heterocycles. The third-order valence-electron chi connectivity index (χ3n) is 3.69. The first-order valence-corrected chi connectivity index (χ1v) is 8.21. The molecule has 0 aromatic heterocycles. The molecule has 2 rings (SSSR count). The summed E-state index contributed by atoms with van der Waals surface area (Å²) >= 11 is 0. The minimum Gasteiger partial charge on any atom is -0.481 e. The largest absolute Gasteiger partial charge is 0.481 e. The second kappa shape index (κ2) is 9.34. The Kier molecular flexibility index (Phi) is 6.89. The number of para-hydroxylation sites is 1. The molecular weight excluding hydrogens is 351 g/mol. The van der Waals surface area contributed by atoms with E-state index >= 15 is 0 Å². The zero-order valence-electron chi connectivity index (χ0n) is 15.0. The highest BCUT2D eigenvalue weighted by molar-refractivity contribution is 5.83. The van der Waals surface area contributed by atoms with Crippen LogP contribution in [-0.2, 0) is 20.9 Å². The molecule has 6 nitrogen and oxygen atoms in total. The Balaban J connectivity index is 1.85. The molecule has 2 aromatic carbocycles. The number of hydrogen-bond acceptors (Lipinski definition) is 5. The maximum absolute atomic E-state index is 13.2. The van der Waals surface area contributed by atoms with E-state index < -0.39 is 24.6 Å². The molecule has 0 spiro atoms. The Morgan fingerprint density at radius 1 is 1.22 bits per heavy atom. The predicted molar refractivity (Wildman–Crippen MR) is 95.1 cm³/mol. The minimum atomic E-state index is -1.02. The van der Waals surface area contributed by atoms with Crippen molar-refractivity contribution in [3.05, 3.63) is 65.5 Å². The maximum atomic E-state index is 13.2. The molecule has 0 aliphatic carbocycles. The number of esters is 1. The van der Waals surface area contributed by atoms with Crippen LogP contribution in [0.3, 0.4) is 0 Å². The van der Waals surface area contributed by atoms with Gasteiger partial charge in [0.2, 0.25) is 0 Å². The third kappa shape index (κ3) is 5.82. The molecule has 0 heterocycles. The van der Waals surface area contributed by atoms with Crippen LogP contribution in [-0.4, -0.2) is 36.5 Å². The van der Waals surface area contributed by atoms with E-state index in [4.69, 9.17) is 14.7 Å². The second-order valence-electron chi connectivity index (χ2n) is 5.85. The van der Waals surface area contributed by atoms with E-state index in [1.54, 1.807) is 36.4 Å². The number of carbonyl (C=O) groups is 2. The number of rotatable bonds is 7.